The van der Waals surface area contributed by atoms with Crippen LogP contribution in [-0.4, -0.2) is 38.0 Å². The van der Waals surface area contributed by atoms with Crippen LogP contribution in [0.25, 0.3) is 0 Å². The number of rotatable bonds is 8. The summed E-state index contributed by atoms with van der Waals surface area (Å²) >= 11 is 0. The van der Waals surface area contributed by atoms with Crippen molar-refractivity contribution < 1.29 is 14.6 Å². The van der Waals surface area contributed by atoms with E-state index in [2.05, 4.69) is 12.2 Å². The third-order valence-electron chi connectivity index (χ3n) is 2.40. The van der Waals surface area contributed by atoms with Gasteiger partial charge in [-0.15, -0.1) is 0 Å². The zero-order valence-electron chi connectivity index (χ0n) is 10.5. The molecule has 1 rings (SSSR count). The Morgan fingerprint density at radius 1 is 1.35 bits per heavy atom. The summed E-state index contributed by atoms with van der Waals surface area (Å²) in [5, 5.41) is 12.4. The first kappa shape index (κ1) is 13.8. The lowest BCUT2D eigenvalue weighted by atomic mass is 10.3. The first-order valence-electron chi connectivity index (χ1n) is 5.91. The molecular weight excluding hydrogens is 218 g/mol. The van der Waals surface area contributed by atoms with Crippen molar-refractivity contribution in [1.29, 1.82) is 0 Å². The summed E-state index contributed by atoms with van der Waals surface area (Å²) in [4.78, 5) is 0. The summed E-state index contributed by atoms with van der Waals surface area (Å²) < 4.78 is 10.7. The van der Waals surface area contributed by atoms with E-state index in [1.54, 1.807) is 7.11 Å². The normalized spacial score (nSPS) is 12.2. The lowest BCUT2D eigenvalue weighted by molar-refractivity contribution is 0.183. The van der Waals surface area contributed by atoms with Gasteiger partial charge in [-0.05, 0) is 25.1 Å². The van der Waals surface area contributed by atoms with Crippen LogP contribution < -0.4 is 14.8 Å². The third kappa shape index (κ3) is 5.06. The standard InChI is InChI=1S/C13H21NO3/c1-3-7-14-11(9-15)10-17-13-6-4-5-12(8-13)16-2/h4-6,8,11,14-15H,3,7,9-10H2,1-2H3. The average Bonchev–Trinajstić information content (AvgIpc) is 2.39. The molecule has 96 valence electrons. The molecule has 0 aliphatic carbocycles. The molecule has 0 aromatic heterocycles. The Morgan fingerprint density at radius 2 is 2.12 bits per heavy atom. The minimum Gasteiger partial charge on any atom is -0.497 e. The number of hydrogen-bond donors (Lipinski definition) is 2. The van der Waals surface area contributed by atoms with Crippen molar-refractivity contribution >= 4 is 0 Å². The first-order chi connectivity index (χ1) is 8.30. The number of nitrogens with one attached hydrogen (secondary N) is 1. The van der Waals surface area contributed by atoms with Crippen LogP contribution in [-0.2, 0) is 0 Å². The third-order valence-corrected chi connectivity index (χ3v) is 2.40. The molecule has 1 atom stereocenters. The van der Waals surface area contributed by atoms with Crippen LogP contribution >= 0.6 is 0 Å². The molecule has 0 bridgehead atoms. The van der Waals surface area contributed by atoms with Crippen molar-refractivity contribution in [3.8, 4) is 11.5 Å². The highest BCUT2D eigenvalue weighted by Crippen LogP contribution is 2.18. The molecule has 4 nitrogen and oxygen atoms in total. The van der Waals surface area contributed by atoms with Gasteiger partial charge in [0.25, 0.3) is 0 Å². The fourth-order valence-electron chi connectivity index (χ4n) is 1.41. The number of aliphatic hydroxyl groups excluding tert-OH is 1. The van der Waals surface area contributed by atoms with Gasteiger partial charge in [0.15, 0.2) is 0 Å². The minimum atomic E-state index is -0.0267. The molecule has 1 unspecified atom stereocenters. The summed E-state index contributed by atoms with van der Waals surface area (Å²) in [6.45, 7) is 3.49. The Bertz CT molecular complexity index is 317. The Morgan fingerprint density at radius 3 is 2.76 bits per heavy atom. The number of hydrogen-bond acceptors (Lipinski definition) is 4. The van der Waals surface area contributed by atoms with Gasteiger partial charge < -0.3 is 19.9 Å². The van der Waals surface area contributed by atoms with Crippen LogP contribution in [0.2, 0.25) is 0 Å². The largest absolute Gasteiger partial charge is 0.497 e. The van der Waals surface area contributed by atoms with Gasteiger partial charge >= 0.3 is 0 Å². The molecule has 4 heteroatoms. The summed E-state index contributed by atoms with van der Waals surface area (Å²) in [7, 11) is 1.62. The van der Waals surface area contributed by atoms with Gasteiger partial charge in [-0.25, -0.2) is 0 Å². The predicted octanol–water partition coefficient (Wildman–Crippen LogP) is 1.43. The molecule has 0 aliphatic heterocycles. The van der Waals surface area contributed by atoms with Crippen LogP contribution in [0.4, 0.5) is 0 Å². The highest BCUT2D eigenvalue weighted by molar-refractivity contribution is 5.32. The SMILES string of the molecule is CCCNC(CO)COc1cccc(OC)c1. The second kappa shape index (κ2) is 7.92. The van der Waals surface area contributed by atoms with E-state index in [1.807, 2.05) is 24.3 Å². The fourth-order valence-corrected chi connectivity index (χ4v) is 1.41. The van der Waals surface area contributed by atoms with E-state index in [0.717, 1.165) is 24.5 Å². The minimum absolute atomic E-state index is 0.0267. The Hall–Kier alpha value is -1.26. The summed E-state index contributed by atoms with van der Waals surface area (Å²) in [6, 6.07) is 7.42. The molecular formula is C13H21NO3. The maximum Gasteiger partial charge on any atom is 0.123 e. The molecule has 0 fully saturated rings. The van der Waals surface area contributed by atoms with Crippen molar-refractivity contribution in [1.82, 2.24) is 5.32 Å². The van der Waals surface area contributed by atoms with Crippen LogP contribution in [0, 0.1) is 0 Å². The molecule has 1 aromatic rings. The smallest absolute Gasteiger partial charge is 0.123 e. The molecule has 0 spiro atoms. The van der Waals surface area contributed by atoms with Crippen LogP contribution in [0.15, 0.2) is 24.3 Å². The van der Waals surface area contributed by atoms with Crippen molar-refractivity contribution in [2.24, 2.45) is 0 Å². The van der Waals surface area contributed by atoms with Gasteiger partial charge in [-0.1, -0.05) is 13.0 Å². The molecule has 0 heterocycles. The summed E-state index contributed by atoms with van der Waals surface area (Å²) in [5.41, 5.74) is 0. The lowest BCUT2D eigenvalue weighted by Crippen LogP contribution is -2.38. The topological polar surface area (TPSA) is 50.7 Å². The van der Waals surface area contributed by atoms with Crippen LogP contribution in [0.5, 0.6) is 11.5 Å². The molecule has 0 aliphatic rings. The Balaban J connectivity index is 2.41. The molecule has 1 aromatic carbocycles. The van der Waals surface area contributed by atoms with Crippen molar-refractivity contribution in [3.63, 3.8) is 0 Å². The van der Waals surface area contributed by atoms with Crippen molar-refractivity contribution in [3.05, 3.63) is 24.3 Å². The quantitative estimate of drug-likeness (QED) is 0.720. The van der Waals surface area contributed by atoms with E-state index in [0.29, 0.717) is 6.61 Å². The molecule has 0 amide bonds. The van der Waals surface area contributed by atoms with Gasteiger partial charge in [0.05, 0.1) is 19.8 Å². The number of aliphatic hydroxyl groups is 1. The van der Waals surface area contributed by atoms with Gasteiger partial charge in [-0.3, -0.25) is 0 Å². The van der Waals surface area contributed by atoms with Gasteiger partial charge in [0, 0.05) is 6.07 Å². The van der Waals surface area contributed by atoms with Crippen molar-refractivity contribution in [2.75, 3.05) is 26.9 Å². The Labute approximate surface area is 103 Å². The van der Waals surface area contributed by atoms with Gasteiger partial charge in [-0.2, -0.15) is 0 Å². The van der Waals surface area contributed by atoms with E-state index in [-0.39, 0.29) is 12.6 Å². The first-order valence-corrected chi connectivity index (χ1v) is 5.91. The molecule has 0 radical (unpaired) electrons. The molecule has 0 saturated carbocycles. The summed E-state index contributed by atoms with van der Waals surface area (Å²) in [6.07, 6.45) is 1.04. The van der Waals surface area contributed by atoms with E-state index in [4.69, 9.17) is 14.6 Å². The molecule has 0 saturated heterocycles. The molecule has 2 N–H and O–H groups in total. The lowest BCUT2D eigenvalue weighted by Gasteiger charge is -2.16. The zero-order valence-corrected chi connectivity index (χ0v) is 10.5. The van der Waals surface area contributed by atoms with E-state index in [1.165, 1.54) is 0 Å². The zero-order chi connectivity index (χ0) is 12.5. The van der Waals surface area contributed by atoms with E-state index in [9.17, 15) is 0 Å². The monoisotopic (exact) mass is 239 g/mol. The van der Waals surface area contributed by atoms with Gasteiger partial charge in [0.1, 0.15) is 18.1 Å². The second-order valence-corrected chi connectivity index (χ2v) is 3.82. The highest BCUT2D eigenvalue weighted by Gasteiger charge is 2.07. The van der Waals surface area contributed by atoms with Crippen molar-refractivity contribution in [2.45, 2.75) is 19.4 Å². The van der Waals surface area contributed by atoms with E-state index < -0.39 is 0 Å². The van der Waals surface area contributed by atoms with Gasteiger partial charge in [0.2, 0.25) is 0 Å². The Kier molecular flexibility index (Phi) is 6.43. The number of benzene rings is 1. The maximum absolute atomic E-state index is 9.16. The highest BCUT2D eigenvalue weighted by atomic mass is 16.5. The second-order valence-electron chi connectivity index (χ2n) is 3.82. The number of ether oxygens (including phenoxy) is 2. The predicted molar refractivity (Wildman–Crippen MR) is 67.7 cm³/mol. The van der Waals surface area contributed by atoms with Crippen LogP contribution in [0.3, 0.4) is 0 Å². The average molecular weight is 239 g/mol. The van der Waals surface area contributed by atoms with E-state index >= 15 is 0 Å². The summed E-state index contributed by atoms with van der Waals surface area (Å²) in [5.74, 6) is 1.52. The molecule has 17 heavy (non-hydrogen) atoms. The van der Waals surface area contributed by atoms with Crippen LogP contribution in [0.1, 0.15) is 13.3 Å². The fraction of sp³-hybridized carbons (Fsp3) is 0.538. The number of methoxy groups -OCH3 is 1. The maximum atomic E-state index is 9.16.